The van der Waals surface area contributed by atoms with E-state index in [9.17, 15) is 4.79 Å². The Kier molecular flexibility index (Phi) is 6.79. The number of carbonyl (C=O) groups is 1. The summed E-state index contributed by atoms with van der Waals surface area (Å²) >= 11 is 0. The molecule has 1 aromatic heterocycles. The van der Waals surface area contributed by atoms with Crippen LogP contribution < -0.4 is 15.0 Å². The highest BCUT2D eigenvalue weighted by Gasteiger charge is 2.19. The van der Waals surface area contributed by atoms with Gasteiger partial charge in [0.25, 0.3) is 5.91 Å². The van der Waals surface area contributed by atoms with Gasteiger partial charge in [-0.05, 0) is 49.3 Å². The van der Waals surface area contributed by atoms with Crippen LogP contribution in [0.1, 0.15) is 48.5 Å². The first-order valence-electron chi connectivity index (χ1n) is 10.9. The number of hydrogen-bond acceptors (Lipinski definition) is 6. The van der Waals surface area contributed by atoms with E-state index in [1.807, 2.05) is 24.3 Å². The second-order valence-corrected chi connectivity index (χ2v) is 8.24. The summed E-state index contributed by atoms with van der Waals surface area (Å²) in [5, 5.41) is 2.93. The predicted molar refractivity (Wildman–Crippen MR) is 115 cm³/mol. The lowest BCUT2D eigenvalue weighted by atomic mass is 10.0. The van der Waals surface area contributed by atoms with Gasteiger partial charge in [-0.3, -0.25) is 4.79 Å². The molecule has 0 radical (unpaired) electrons. The normalized spacial score (nSPS) is 21.4. The second-order valence-electron chi connectivity index (χ2n) is 8.24. The molecule has 0 aliphatic carbocycles. The Hall–Kier alpha value is -2.67. The van der Waals surface area contributed by atoms with Crippen LogP contribution in [-0.4, -0.2) is 48.3 Å². The van der Waals surface area contributed by atoms with Crippen LogP contribution in [0.4, 0.5) is 5.95 Å². The number of rotatable bonds is 7. The van der Waals surface area contributed by atoms with Crippen LogP contribution in [0.15, 0.2) is 36.7 Å². The summed E-state index contributed by atoms with van der Waals surface area (Å²) in [7, 11) is 0. The third kappa shape index (κ3) is 5.48. The summed E-state index contributed by atoms with van der Waals surface area (Å²) in [6.07, 6.45) is 7.95. The van der Waals surface area contributed by atoms with E-state index in [4.69, 9.17) is 9.47 Å². The molecule has 7 nitrogen and oxygen atoms in total. The Bertz CT molecular complexity index is 837. The van der Waals surface area contributed by atoms with Crippen LogP contribution in [0.25, 0.3) is 0 Å². The first kappa shape index (κ1) is 20.6. The standard InChI is InChI=1S/C23H30N4O3/c1-17-5-3-9-27(15-17)23-25-13-19(14-26-23)22(28)24-12-18-6-2-7-20(11-18)30-16-21-8-4-10-29-21/h2,6-7,11,13-14,17,21H,3-5,8-10,12,15-16H2,1H3,(H,24,28). The zero-order valence-corrected chi connectivity index (χ0v) is 17.5. The van der Waals surface area contributed by atoms with Crippen molar-refractivity contribution >= 4 is 11.9 Å². The zero-order chi connectivity index (χ0) is 20.8. The van der Waals surface area contributed by atoms with Gasteiger partial charge in [-0.25, -0.2) is 9.97 Å². The number of ether oxygens (including phenoxy) is 2. The molecule has 160 valence electrons. The number of nitrogens with one attached hydrogen (secondary N) is 1. The van der Waals surface area contributed by atoms with Crippen molar-refractivity contribution in [1.82, 2.24) is 15.3 Å². The molecule has 0 saturated carbocycles. The molecular weight excluding hydrogens is 380 g/mol. The fraction of sp³-hybridized carbons (Fsp3) is 0.522. The quantitative estimate of drug-likeness (QED) is 0.755. The number of anilines is 1. The second kappa shape index (κ2) is 9.89. The van der Waals surface area contributed by atoms with Gasteiger partial charge < -0.3 is 19.7 Å². The molecule has 2 atom stereocenters. The van der Waals surface area contributed by atoms with Gasteiger partial charge in [0, 0.05) is 38.6 Å². The largest absolute Gasteiger partial charge is 0.491 e. The molecular formula is C23H30N4O3. The van der Waals surface area contributed by atoms with Crippen molar-refractivity contribution in [2.24, 2.45) is 5.92 Å². The maximum atomic E-state index is 12.5. The molecule has 4 rings (SSSR count). The maximum Gasteiger partial charge on any atom is 0.254 e. The van der Waals surface area contributed by atoms with Gasteiger partial charge >= 0.3 is 0 Å². The number of piperidine rings is 1. The van der Waals surface area contributed by atoms with Crippen molar-refractivity contribution in [3.05, 3.63) is 47.8 Å². The summed E-state index contributed by atoms with van der Waals surface area (Å²) in [6, 6.07) is 7.78. The lowest BCUT2D eigenvalue weighted by Gasteiger charge is -2.30. The Labute approximate surface area is 177 Å². The highest BCUT2D eigenvalue weighted by atomic mass is 16.5. The van der Waals surface area contributed by atoms with Crippen LogP contribution in [0.5, 0.6) is 5.75 Å². The van der Waals surface area contributed by atoms with Gasteiger partial charge in [0.1, 0.15) is 12.4 Å². The van der Waals surface area contributed by atoms with Crippen molar-refractivity contribution < 1.29 is 14.3 Å². The third-order valence-electron chi connectivity index (χ3n) is 5.65. The smallest absolute Gasteiger partial charge is 0.254 e. The van der Waals surface area contributed by atoms with Crippen LogP contribution in [0.3, 0.4) is 0 Å². The summed E-state index contributed by atoms with van der Waals surface area (Å²) in [4.78, 5) is 23.5. The van der Waals surface area contributed by atoms with Gasteiger partial charge in [0.15, 0.2) is 0 Å². The Morgan fingerprint density at radius 2 is 2.13 bits per heavy atom. The van der Waals surface area contributed by atoms with Crippen LogP contribution in [0, 0.1) is 5.92 Å². The van der Waals surface area contributed by atoms with Gasteiger partial charge in [-0.1, -0.05) is 19.1 Å². The number of amides is 1. The lowest BCUT2D eigenvalue weighted by molar-refractivity contribution is 0.0679. The minimum Gasteiger partial charge on any atom is -0.491 e. The molecule has 30 heavy (non-hydrogen) atoms. The molecule has 2 saturated heterocycles. The van der Waals surface area contributed by atoms with E-state index < -0.39 is 0 Å². The topological polar surface area (TPSA) is 76.6 Å². The fourth-order valence-corrected chi connectivity index (χ4v) is 3.97. The van der Waals surface area contributed by atoms with Gasteiger partial charge in [-0.15, -0.1) is 0 Å². The van der Waals surface area contributed by atoms with Crippen LogP contribution in [0.2, 0.25) is 0 Å². The molecule has 1 amide bonds. The fourth-order valence-electron chi connectivity index (χ4n) is 3.97. The van der Waals surface area contributed by atoms with Crippen molar-refractivity contribution in [1.29, 1.82) is 0 Å². The maximum absolute atomic E-state index is 12.5. The van der Waals surface area contributed by atoms with Crippen molar-refractivity contribution in [3.8, 4) is 5.75 Å². The van der Waals surface area contributed by atoms with Crippen molar-refractivity contribution in [2.75, 3.05) is 31.2 Å². The van der Waals surface area contributed by atoms with Gasteiger partial charge in [0.2, 0.25) is 5.95 Å². The minimum atomic E-state index is -0.181. The molecule has 2 fully saturated rings. The number of nitrogens with zero attached hydrogens (tertiary/aromatic N) is 3. The van der Waals surface area contributed by atoms with E-state index in [1.165, 1.54) is 6.42 Å². The summed E-state index contributed by atoms with van der Waals surface area (Å²) < 4.78 is 11.4. The molecule has 1 N–H and O–H groups in total. The third-order valence-corrected chi connectivity index (χ3v) is 5.65. The lowest BCUT2D eigenvalue weighted by Crippen LogP contribution is -2.35. The number of carbonyl (C=O) groups excluding carboxylic acids is 1. The first-order chi connectivity index (χ1) is 14.7. The van der Waals surface area contributed by atoms with E-state index in [1.54, 1.807) is 12.4 Å². The van der Waals surface area contributed by atoms with E-state index >= 15 is 0 Å². The summed E-state index contributed by atoms with van der Waals surface area (Å²) in [6.45, 7) is 5.99. The molecule has 2 aromatic rings. The first-order valence-corrected chi connectivity index (χ1v) is 10.9. The number of aromatic nitrogens is 2. The average molecular weight is 411 g/mol. The molecule has 7 heteroatoms. The van der Waals surface area contributed by atoms with Gasteiger partial charge in [0.05, 0.1) is 11.7 Å². The Balaban J connectivity index is 1.28. The zero-order valence-electron chi connectivity index (χ0n) is 17.5. The molecule has 3 heterocycles. The SMILES string of the molecule is CC1CCCN(c2ncc(C(=O)NCc3cccc(OCC4CCCO4)c3)cn2)C1. The number of benzene rings is 1. The molecule has 1 aromatic carbocycles. The van der Waals surface area contributed by atoms with E-state index in [0.717, 1.165) is 50.3 Å². The van der Waals surface area contributed by atoms with Crippen LogP contribution >= 0.6 is 0 Å². The highest BCUT2D eigenvalue weighted by Crippen LogP contribution is 2.20. The number of hydrogen-bond donors (Lipinski definition) is 1. The highest BCUT2D eigenvalue weighted by molar-refractivity contribution is 5.93. The monoisotopic (exact) mass is 410 g/mol. The Morgan fingerprint density at radius 3 is 2.90 bits per heavy atom. The van der Waals surface area contributed by atoms with Crippen LogP contribution in [-0.2, 0) is 11.3 Å². The molecule has 0 bridgehead atoms. The van der Waals surface area contributed by atoms with Gasteiger partial charge in [-0.2, -0.15) is 0 Å². The average Bonchev–Trinajstić information content (AvgIpc) is 3.30. The van der Waals surface area contributed by atoms with E-state index in [2.05, 4.69) is 27.1 Å². The van der Waals surface area contributed by atoms with Crippen molar-refractivity contribution in [2.45, 2.75) is 45.3 Å². The minimum absolute atomic E-state index is 0.181. The summed E-state index contributed by atoms with van der Waals surface area (Å²) in [5.41, 5.74) is 1.45. The molecule has 2 aliphatic rings. The van der Waals surface area contributed by atoms with E-state index in [-0.39, 0.29) is 12.0 Å². The molecule has 0 spiro atoms. The molecule has 2 unspecified atom stereocenters. The summed E-state index contributed by atoms with van der Waals surface area (Å²) in [5.74, 6) is 1.96. The van der Waals surface area contributed by atoms with E-state index in [0.29, 0.717) is 30.6 Å². The Morgan fingerprint density at radius 1 is 1.27 bits per heavy atom. The predicted octanol–water partition coefficient (Wildman–Crippen LogP) is 3.20. The molecule has 2 aliphatic heterocycles. The van der Waals surface area contributed by atoms with Crippen molar-refractivity contribution in [3.63, 3.8) is 0 Å².